The molecule has 2 heterocycles. The molecule has 1 saturated heterocycles. The lowest BCUT2D eigenvalue weighted by atomic mass is 10.0. The highest BCUT2D eigenvalue weighted by Crippen LogP contribution is 2.16. The van der Waals surface area contributed by atoms with Gasteiger partial charge in [0.05, 0.1) is 12.9 Å². The summed E-state index contributed by atoms with van der Waals surface area (Å²) >= 11 is 0. The van der Waals surface area contributed by atoms with Crippen molar-refractivity contribution in [1.29, 1.82) is 0 Å². The molecule has 0 amide bonds. The second kappa shape index (κ2) is 6.79. The van der Waals surface area contributed by atoms with Gasteiger partial charge in [0.25, 0.3) is 0 Å². The van der Waals surface area contributed by atoms with Crippen LogP contribution in [0.4, 0.5) is 0 Å². The first-order chi connectivity index (χ1) is 8.38. The molecule has 0 unspecified atom stereocenters. The Hall–Kier alpha value is -0.840. The van der Waals surface area contributed by atoms with Gasteiger partial charge in [0.1, 0.15) is 12.4 Å². The van der Waals surface area contributed by atoms with Crippen molar-refractivity contribution >= 4 is 0 Å². The van der Waals surface area contributed by atoms with Gasteiger partial charge < -0.3 is 19.2 Å². The normalized spacial score (nSPS) is 17.5. The topological polar surface area (TPSA) is 43.6 Å². The molecule has 0 bridgehead atoms. The van der Waals surface area contributed by atoms with Crippen LogP contribution in [0.2, 0.25) is 0 Å². The number of hydrogen-bond donors (Lipinski definition) is 1. The number of nitrogens with one attached hydrogen (secondary N) is 1. The molecule has 0 atom stereocenters. The highest BCUT2D eigenvalue weighted by molar-refractivity contribution is 5.11. The minimum atomic E-state index is 0.571. The molecule has 1 aromatic heterocycles. The standard InChI is InChI=1S/C13H21NO3/c1-14-7-12-6-13(17-9-12)10-16-8-11-2-4-15-5-3-11/h6,9,11,14H,2-5,7-8,10H2,1H3. The Balaban J connectivity index is 1.66. The van der Waals surface area contributed by atoms with Crippen LogP contribution in [0.5, 0.6) is 0 Å². The summed E-state index contributed by atoms with van der Waals surface area (Å²) in [5.41, 5.74) is 1.16. The van der Waals surface area contributed by atoms with E-state index in [1.807, 2.05) is 13.1 Å². The molecule has 0 radical (unpaired) electrons. The summed E-state index contributed by atoms with van der Waals surface area (Å²) in [5, 5.41) is 3.09. The second-order valence-electron chi connectivity index (χ2n) is 4.52. The second-order valence-corrected chi connectivity index (χ2v) is 4.52. The quantitative estimate of drug-likeness (QED) is 0.824. The average Bonchev–Trinajstić information content (AvgIpc) is 2.79. The molecule has 1 N–H and O–H groups in total. The highest BCUT2D eigenvalue weighted by atomic mass is 16.5. The van der Waals surface area contributed by atoms with E-state index in [0.717, 1.165) is 50.5 Å². The van der Waals surface area contributed by atoms with Gasteiger partial charge in [0, 0.05) is 25.3 Å². The molecule has 0 spiro atoms. The van der Waals surface area contributed by atoms with Gasteiger partial charge in [-0.1, -0.05) is 0 Å². The molecule has 0 saturated carbocycles. The number of ether oxygens (including phenoxy) is 2. The van der Waals surface area contributed by atoms with Crippen LogP contribution >= 0.6 is 0 Å². The molecule has 4 heteroatoms. The van der Waals surface area contributed by atoms with Crippen LogP contribution in [0, 0.1) is 5.92 Å². The summed E-state index contributed by atoms with van der Waals surface area (Å²) in [5.74, 6) is 1.55. The van der Waals surface area contributed by atoms with Crippen LogP contribution in [0.15, 0.2) is 16.7 Å². The molecule has 17 heavy (non-hydrogen) atoms. The largest absolute Gasteiger partial charge is 0.467 e. The first-order valence-corrected chi connectivity index (χ1v) is 6.25. The number of furan rings is 1. The van der Waals surface area contributed by atoms with Gasteiger partial charge in [-0.05, 0) is 31.9 Å². The van der Waals surface area contributed by atoms with Crippen LogP contribution in [0.1, 0.15) is 24.2 Å². The number of rotatable bonds is 6. The van der Waals surface area contributed by atoms with Crippen LogP contribution in [0.25, 0.3) is 0 Å². The minimum Gasteiger partial charge on any atom is -0.467 e. The number of hydrogen-bond acceptors (Lipinski definition) is 4. The van der Waals surface area contributed by atoms with Crippen molar-refractivity contribution in [2.24, 2.45) is 5.92 Å². The van der Waals surface area contributed by atoms with E-state index >= 15 is 0 Å². The Morgan fingerprint density at radius 2 is 2.24 bits per heavy atom. The molecule has 1 aromatic rings. The Morgan fingerprint density at radius 3 is 3.00 bits per heavy atom. The van der Waals surface area contributed by atoms with Crippen molar-refractivity contribution in [3.8, 4) is 0 Å². The van der Waals surface area contributed by atoms with Gasteiger partial charge in [-0.3, -0.25) is 0 Å². The van der Waals surface area contributed by atoms with E-state index in [0.29, 0.717) is 12.5 Å². The SMILES string of the molecule is CNCc1coc(COCC2CCOCC2)c1. The fourth-order valence-electron chi connectivity index (χ4n) is 2.04. The van der Waals surface area contributed by atoms with Gasteiger partial charge in [-0.25, -0.2) is 0 Å². The van der Waals surface area contributed by atoms with Crippen molar-refractivity contribution in [3.05, 3.63) is 23.7 Å². The fraction of sp³-hybridized carbons (Fsp3) is 0.692. The molecule has 4 nitrogen and oxygen atoms in total. The van der Waals surface area contributed by atoms with Gasteiger partial charge in [0.15, 0.2) is 0 Å². The van der Waals surface area contributed by atoms with E-state index in [9.17, 15) is 0 Å². The summed E-state index contributed by atoms with van der Waals surface area (Å²) < 4.78 is 16.4. The lowest BCUT2D eigenvalue weighted by Crippen LogP contribution is -2.20. The van der Waals surface area contributed by atoms with E-state index in [4.69, 9.17) is 13.9 Å². The predicted octanol–water partition coefficient (Wildman–Crippen LogP) is 1.94. The van der Waals surface area contributed by atoms with Crippen LogP contribution in [-0.2, 0) is 22.6 Å². The van der Waals surface area contributed by atoms with Gasteiger partial charge in [-0.2, -0.15) is 0 Å². The monoisotopic (exact) mass is 239 g/mol. The highest BCUT2D eigenvalue weighted by Gasteiger charge is 2.14. The van der Waals surface area contributed by atoms with E-state index in [1.54, 1.807) is 6.26 Å². The van der Waals surface area contributed by atoms with Crippen molar-refractivity contribution in [3.63, 3.8) is 0 Å². The van der Waals surface area contributed by atoms with Crippen molar-refractivity contribution < 1.29 is 13.9 Å². The third-order valence-electron chi connectivity index (χ3n) is 3.03. The van der Waals surface area contributed by atoms with Crippen molar-refractivity contribution in [2.45, 2.75) is 26.0 Å². The molecule has 0 aromatic carbocycles. The maximum Gasteiger partial charge on any atom is 0.129 e. The van der Waals surface area contributed by atoms with Gasteiger partial charge in [0.2, 0.25) is 0 Å². The van der Waals surface area contributed by atoms with E-state index in [2.05, 4.69) is 5.32 Å². The lowest BCUT2D eigenvalue weighted by Gasteiger charge is -2.21. The molecule has 1 fully saturated rings. The molecule has 2 rings (SSSR count). The zero-order valence-electron chi connectivity index (χ0n) is 10.4. The lowest BCUT2D eigenvalue weighted by molar-refractivity contribution is 0.0120. The molecule has 1 aliphatic rings. The molecule has 96 valence electrons. The van der Waals surface area contributed by atoms with Crippen molar-refractivity contribution in [2.75, 3.05) is 26.9 Å². The van der Waals surface area contributed by atoms with Crippen LogP contribution in [0.3, 0.4) is 0 Å². The van der Waals surface area contributed by atoms with Crippen molar-refractivity contribution in [1.82, 2.24) is 5.32 Å². The van der Waals surface area contributed by atoms with Crippen LogP contribution < -0.4 is 5.32 Å². The maximum atomic E-state index is 5.68. The minimum absolute atomic E-state index is 0.571. The molecular formula is C13H21NO3. The molecule has 1 aliphatic heterocycles. The predicted molar refractivity (Wildman–Crippen MR) is 64.7 cm³/mol. The third kappa shape index (κ3) is 4.15. The first kappa shape index (κ1) is 12.6. The Bertz CT molecular complexity index is 318. The first-order valence-electron chi connectivity index (χ1n) is 6.25. The fourth-order valence-corrected chi connectivity index (χ4v) is 2.04. The van der Waals surface area contributed by atoms with Crippen LogP contribution in [-0.4, -0.2) is 26.9 Å². The maximum absolute atomic E-state index is 5.68. The zero-order chi connectivity index (χ0) is 11.9. The van der Waals surface area contributed by atoms with E-state index < -0.39 is 0 Å². The van der Waals surface area contributed by atoms with Gasteiger partial charge >= 0.3 is 0 Å². The average molecular weight is 239 g/mol. The van der Waals surface area contributed by atoms with E-state index in [-0.39, 0.29) is 0 Å². The third-order valence-corrected chi connectivity index (χ3v) is 3.03. The summed E-state index contributed by atoms with van der Waals surface area (Å²) in [6, 6.07) is 2.04. The Kier molecular flexibility index (Phi) is 5.04. The van der Waals surface area contributed by atoms with E-state index in [1.165, 1.54) is 0 Å². The zero-order valence-corrected chi connectivity index (χ0v) is 10.4. The molecule has 0 aliphatic carbocycles. The Labute approximate surface area is 102 Å². The molecular weight excluding hydrogens is 218 g/mol. The summed E-state index contributed by atoms with van der Waals surface area (Å²) in [4.78, 5) is 0. The van der Waals surface area contributed by atoms with Gasteiger partial charge in [-0.15, -0.1) is 0 Å². The summed E-state index contributed by atoms with van der Waals surface area (Å²) in [6.45, 7) is 3.97. The Morgan fingerprint density at radius 1 is 1.41 bits per heavy atom. The smallest absolute Gasteiger partial charge is 0.129 e. The summed E-state index contributed by atoms with van der Waals surface area (Å²) in [7, 11) is 1.92. The summed E-state index contributed by atoms with van der Waals surface area (Å²) in [6.07, 6.45) is 4.01.